The third-order valence-corrected chi connectivity index (χ3v) is 12.0. The molecular formula is C41H34N8O15S4. The fourth-order valence-corrected chi connectivity index (χ4v) is 8.42. The van der Waals surface area contributed by atoms with Crippen LogP contribution in [0.1, 0.15) is 5.56 Å². The third-order valence-electron chi connectivity index (χ3n) is 9.31. The molecule has 0 aliphatic carbocycles. The van der Waals surface area contributed by atoms with Crippen LogP contribution in [0.5, 0.6) is 17.2 Å². The van der Waals surface area contributed by atoms with Gasteiger partial charge in [-0.15, -0.1) is 28.3 Å². The zero-order chi connectivity index (χ0) is 48.2. The van der Waals surface area contributed by atoms with Crippen molar-refractivity contribution in [2.45, 2.75) is 26.5 Å². The van der Waals surface area contributed by atoms with E-state index in [2.05, 4.69) is 55.5 Å². The first-order valence-electron chi connectivity index (χ1n) is 19.0. The van der Waals surface area contributed by atoms with Crippen molar-refractivity contribution in [1.29, 1.82) is 0 Å². The molecule has 0 unspecified atom stereocenters. The summed E-state index contributed by atoms with van der Waals surface area (Å²) >= 11 is 1.65. The van der Waals surface area contributed by atoms with Gasteiger partial charge < -0.3 is 25.6 Å². The molecule has 0 saturated heterocycles. The van der Waals surface area contributed by atoms with Gasteiger partial charge in [-0.3, -0.25) is 4.55 Å². The number of hydrogen-bond acceptors (Lipinski definition) is 25. The highest BCUT2D eigenvalue weighted by atomic mass is 32.2. The minimum atomic E-state index is -4.68. The summed E-state index contributed by atoms with van der Waals surface area (Å²) in [6.45, 7) is 1.89. The van der Waals surface area contributed by atoms with Crippen LogP contribution in [0.15, 0.2) is 159 Å². The minimum absolute atomic E-state index is 0.0559. The largest absolute Gasteiger partial charge is 0.505 e. The van der Waals surface area contributed by atoms with Crippen molar-refractivity contribution in [2.75, 3.05) is 24.9 Å². The Morgan fingerprint density at radius 2 is 1.32 bits per heavy atom. The number of hydrogen-bond donors (Lipinski definition) is 7. The van der Waals surface area contributed by atoms with E-state index in [9.17, 15) is 18.1 Å². The highest BCUT2D eigenvalue weighted by Gasteiger charge is 2.19. The first-order valence-corrected chi connectivity index (χ1v) is 22.6. The van der Waals surface area contributed by atoms with E-state index in [-0.39, 0.29) is 61.1 Å². The molecule has 7 aromatic rings. The van der Waals surface area contributed by atoms with E-state index in [0.717, 1.165) is 6.07 Å². The number of aryl methyl sites for hydroxylation is 1. The highest BCUT2D eigenvalue weighted by molar-refractivity contribution is 7.95. The van der Waals surface area contributed by atoms with Crippen LogP contribution in [0.3, 0.4) is 0 Å². The van der Waals surface area contributed by atoms with E-state index < -0.39 is 15.0 Å². The molecule has 0 saturated carbocycles. The van der Waals surface area contributed by atoms with Gasteiger partial charge >= 0.3 is 0 Å². The van der Waals surface area contributed by atoms with E-state index in [1.165, 1.54) is 25.3 Å². The van der Waals surface area contributed by atoms with Crippen molar-refractivity contribution in [3.8, 4) is 17.2 Å². The topological polar surface area (TPSA) is 321 Å². The number of anilines is 2. The van der Waals surface area contributed by atoms with Gasteiger partial charge in [0.15, 0.2) is 12.5 Å². The molecule has 0 bridgehead atoms. The van der Waals surface area contributed by atoms with Gasteiger partial charge in [0.25, 0.3) is 10.1 Å². The predicted octanol–water partition coefficient (Wildman–Crippen LogP) is 12.8. The second kappa shape index (κ2) is 23.0. The molecule has 27 heteroatoms. The third kappa shape index (κ3) is 12.5. The summed E-state index contributed by atoms with van der Waals surface area (Å²) in [6, 6.07) is 28.8. The number of nitrogens with zero attached hydrogens (tertiary/aromatic N) is 6. The summed E-state index contributed by atoms with van der Waals surface area (Å²) in [6.07, 6.45) is 0. The lowest BCUT2D eigenvalue weighted by atomic mass is 10.1. The van der Waals surface area contributed by atoms with E-state index in [0.29, 0.717) is 86.3 Å². The average Bonchev–Trinajstić information content (AvgIpc) is 3.33. The quantitative estimate of drug-likeness (QED) is 0.00669. The molecule has 0 aliphatic rings. The molecule has 0 radical (unpaired) electrons. The predicted molar refractivity (Wildman–Crippen MR) is 248 cm³/mol. The fraction of sp³-hybridized carbons (Fsp3) is 0.0732. The summed E-state index contributed by atoms with van der Waals surface area (Å²) in [5.41, 5.74) is 9.01. The van der Waals surface area contributed by atoms with Gasteiger partial charge in [0.05, 0.1) is 70.1 Å². The maximum atomic E-state index is 12.2. The van der Waals surface area contributed by atoms with Gasteiger partial charge in [0.1, 0.15) is 33.5 Å². The van der Waals surface area contributed by atoms with Crippen molar-refractivity contribution in [3.05, 3.63) is 115 Å². The molecule has 0 fully saturated rings. The number of nitrogen functional groups attached to an aromatic ring is 1. The molecule has 23 nitrogen and oxygen atoms in total. The maximum Gasteiger partial charge on any atom is 0.295 e. The summed E-state index contributed by atoms with van der Waals surface area (Å²) in [7, 11) is -3.30. The molecule has 0 aromatic heterocycles. The van der Waals surface area contributed by atoms with Crippen molar-refractivity contribution in [1.82, 2.24) is 0 Å². The number of aromatic hydroxyl groups is 1. The first-order chi connectivity index (χ1) is 32.9. The fourth-order valence-electron chi connectivity index (χ4n) is 6.22. The number of methoxy groups -OCH3 is 1. The van der Waals surface area contributed by atoms with E-state index in [1.807, 2.05) is 0 Å². The van der Waals surface area contributed by atoms with Crippen LogP contribution in [0.25, 0.3) is 21.5 Å². The number of phenols is 1. The molecule has 0 amide bonds. The molecule has 68 heavy (non-hydrogen) atoms. The molecule has 7 rings (SSSR count). The van der Waals surface area contributed by atoms with E-state index >= 15 is 0 Å². The number of phenolic OH excluding ortho intramolecular Hbond substituents is 1. The number of azo groups is 3. The molecule has 352 valence electrons. The number of fused-ring (bicyclic) bond motifs is 2. The van der Waals surface area contributed by atoms with Crippen molar-refractivity contribution >= 4 is 113 Å². The van der Waals surface area contributed by atoms with Crippen LogP contribution in [0.2, 0.25) is 0 Å². The lowest BCUT2D eigenvalue weighted by Crippen LogP contribution is -2.08. The van der Waals surface area contributed by atoms with Crippen LogP contribution in [-0.4, -0.2) is 47.7 Å². The Balaban J connectivity index is 1.11. The molecule has 0 atom stereocenters. The summed E-state index contributed by atoms with van der Waals surface area (Å²) < 4.78 is 59.4. The second-order valence-corrected chi connectivity index (χ2v) is 17.2. The number of benzene rings is 7. The van der Waals surface area contributed by atoms with Crippen molar-refractivity contribution < 1.29 is 71.4 Å². The first kappa shape index (κ1) is 49.4. The molecular weight excluding hydrogens is 973 g/mol. The lowest BCUT2D eigenvalue weighted by molar-refractivity contribution is -0.432. The maximum absolute atomic E-state index is 12.2. The Morgan fingerprint density at radius 1 is 0.647 bits per heavy atom. The van der Waals surface area contributed by atoms with Crippen molar-refractivity contribution in [2.24, 2.45) is 30.7 Å². The number of nitrogens with one attached hydrogen (secondary N) is 1. The summed E-state index contributed by atoms with van der Waals surface area (Å²) in [5, 5.41) is 79.6. The Hall–Kier alpha value is -6.54. The molecule has 7 aromatic carbocycles. The normalized spacial score (nSPS) is 12.0. The zero-order valence-corrected chi connectivity index (χ0v) is 38.1. The molecule has 0 aliphatic heterocycles. The Bertz CT molecular complexity index is 3150. The van der Waals surface area contributed by atoms with Gasteiger partial charge in [0.2, 0.25) is 0 Å². The lowest BCUT2D eigenvalue weighted by Gasteiger charge is -2.13. The Labute approximate surface area is 397 Å². The van der Waals surface area contributed by atoms with Gasteiger partial charge in [-0.05, 0) is 120 Å². The standard InChI is InChI=1S/C41H34N8O15S4/c1-22-13-27(8-12-33(22)46-45-28-6-3-23-15-30(65-62-59-51)18-39(32(23)17-28)68(54,55)56)44-48-35-19-36(57-2)34(20-37(35)66-63-60-52)47-49-40-38(67-64-61-53)16-24-14-26(7-11-31(24)41(40)50)43-21-58-29-9-4-25(42)5-10-29/h3-20,43,50-53H,21,42H2,1-2H3,(H,54,55,56). The van der Waals surface area contributed by atoms with Crippen LogP contribution in [0, 0.1) is 6.92 Å². The Kier molecular flexibility index (Phi) is 16.7. The molecule has 0 spiro atoms. The SMILES string of the molecule is COc1cc(N=Nc2ccc(N=Nc3ccc4cc(SOOO)cc(S(=O)(=O)O)c4c3)c(C)c2)c(SOOO)cc1N=Nc1c(SOOO)cc2cc(NCOc3ccc(N)cc3)ccc2c1O. The molecule has 8 N–H and O–H groups in total. The van der Waals surface area contributed by atoms with Gasteiger partial charge in [0, 0.05) is 33.1 Å². The summed E-state index contributed by atoms with van der Waals surface area (Å²) in [4.78, 5) is 0.224. The Morgan fingerprint density at radius 3 is 2.03 bits per heavy atom. The zero-order valence-electron chi connectivity index (χ0n) is 34.8. The summed E-state index contributed by atoms with van der Waals surface area (Å²) in [5.74, 6) is 0.492. The van der Waals surface area contributed by atoms with E-state index in [4.69, 9.17) is 39.6 Å². The molecule has 0 heterocycles. The number of nitrogens with two attached hydrogens (primary N) is 1. The van der Waals surface area contributed by atoms with Gasteiger partial charge in [-0.25, -0.2) is 15.8 Å². The van der Waals surface area contributed by atoms with E-state index in [1.54, 1.807) is 91.9 Å². The van der Waals surface area contributed by atoms with Crippen LogP contribution in [0.4, 0.5) is 45.5 Å². The minimum Gasteiger partial charge on any atom is -0.505 e. The van der Waals surface area contributed by atoms with Crippen LogP contribution >= 0.6 is 36.1 Å². The van der Waals surface area contributed by atoms with Gasteiger partial charge in [-0.2, -0.15) is 23.8 Å². The smallest absolute Gasteiger partial charge is 0.295 e. The highest BCUT2D eigenvalue weighted by Crippen LogP contribution is 2.47. The monoisotopic (exact) mass is 1010 g/mol. The number of ether oxygens (including phenoxy) is 2. The van der Waals surface area contributed by atoms with Crippen molar-refractivity contribution in [3.63, 3.8) is 0 Å². The number of rotatable bonds is 21. The van der Waals surface area contributed by atoms with Crippen LogP contribution in [-0.2, 0) is 38.2 Å². The van der Waals surface area contributed by atoms with Gasteiger partial charge in [-0.1, -0.05) is 21.2 Å². The second-order valence-electron chi connectivity index (χ2n) is 13.6. The van der Waals surface area contributed by atoms with Crippen LogP contribution < -0.4 is 20.5 Å². The average molecular weight is 1010 g/mol.